The molecule has 15 heavy (non-hydrogen) atoms. The summed E-state index contributed by atoms with van der Waals surface area (Å²) in [4.78, 5) is 3.55. The second-order valence-electron chi connectivity index (χ2n) is 2.48. The molecule has 84 valence electrons. The van der Waals surface area contributed by atoms with E-state index in [1.807, 2.05) is 0 Å². The lowest BCUT2D eigenvalue weighted by molar-refractivity contribution is -0.274. The number of aromatic nitrogens is 1. The molecule has 1 aromatic heterocycles. The zero-order chi connectivity index (χ0) is 11.6. The Morgan fingerprint density at radius 3 is 2.53 bits per heavy atom. The van der Waals surface area contributed by atoms with Crippen molar-refractivity contribution < 1.29 is 17.9 Å². The minimum Gasteiger partial charge on any atom is -0.404 e. The maximum absolute atomic E-state index is 12.0. The van der Waals surface area contributed by atoms with Gasteiger partial charge in [0.25, 0.3) is 0 Å². The summed E-state index contributed by atoms with van der Waals surface area (Å²) in [7, 11) is 0. The van der Waals surface area contributed by atoms with Gasteiger partial charge in [0.1, 0.15) is 10.8 Å². The van der Waals surface area contributed by atoms with E-state index >= 15 is 0 Å². The van der Waals surface area contributed by atoms with Gasteiger partial charge in [0.05, 0.1) is 17.6 Å². The van der Waals surface area contributed by atoms with E-state index in [4.69, 9.17) is 28.9 Å². The first-order valence-electron chi connectivity index (χ1n) is 3.59. The predicted octanol–water partition coefficient (Wildman–Crippen LogP) is 2.95. The molecule has 0 spiro atoms. The average molecular weight is 261 g/mol. The third-order valence-electron chi connectivity index (χ3n) is 1.47. The molecule has 0 radical (unpaired) electrons. The molecule has 0 bridgehead atoms. The lowest BCUT2D eigenvalue weighted by Crippen LogP contribution is -2.19. The number of nitrogens with zero attached hydrogens (tertiary/aromatic N) is 1. The SMILES string of the molecule is Nc1ncc(Cl)c(OC(F)(F)F)c1CCl. The van der Waals surface area contributed by atoms with E-state index in [-0.39, 0.29) is 22.3 Å². The summed E-state index contributed by atoms with van der Waals surface area (Å²) in [5, 5.41) is -0.294. The van der Waals surface area contributed by atoms with E-state index in [1.165, 1.54) is 0 Å². The molecule has 0 saturated carbocycles. The van der Waals surface area contributed by atoms with E-state index in [9.17, 15) is 13.2 Å². The van der Waals surface area contributed by atoms with Crippen LogP contribution >= 0.6 is 23.2 Å². The fourth-order valence-corrected chi connectivity index (χ4v) is 1.34. The molecule has 0 aliphatic carbocycles. The summed E-state index contributed by atoms with van der Waals surface area (Å²) in [6.45, 7) is 0. The molecule has 1 heterocycles. The normalized spacial score (nSPS) is 11.5. The van der Waals surface area contributed by atoms with Crippen molar-refractivity contribution in [2.45, 2.75) is 12.2 Å². The Kier molecular flexibility index (Phi) is 3.51. The van der Waals surface area contributed by atoms with Gasteiger partial charge in [0, 0.05) is 0 Å². The molecule has 0 atom stereocenters. The topological polar surface area (TPSA) is 48.1 Å². The molecule has 1 rings (SSSR count). The quantitative estimate of drug-likeness (QED) is 0.832. The van der Waals surface area contributed by atoms with E-state index in [0.29, 0.717) is 0 Å². The fourth-order valence-electron chi connectivity index (χ4n) is 0.878. The van der Waals surface area contributed by atoms with Gasteiger partial charge in [0.2, 0.25) is 0 Å². The first-order chi connectivity index (χ1) is 6.85. The number of alkyl halides is 4. The summed E-state index contributed by atoms with van der Waals surface area (Å²) in [6, 6.07) is 0. The Morgan fingerprint density at radius 1 is 1.47 bits per heavy atom. The van der Waals surface area contributed by atoms with Crippen molar-refractivity contribution in [1.29, 1.82) is 0 Å². The lowest BCUT2D eigenvalue weighted by Gasteiger charge is -2.14. The van der Waals surface area contributed by atoms with Crippen LogP contribution in [-0.2, 0) is 5.88 Å². The van der Waals surface area contributed by atoms with Crippen LogP contribution in [0.25, 0.3) is 0 Å². The Hall–Kier alpha value is -0.880. The second kappa shape index (κ2) is 4.32. The number of rotatable bonds is 2. The van der Waals surface area contributed by atoms with Crippen LogP contribution in [-0.4, -0.2) is 11.3 Å². The number of halogens is 5. The molecule has 3 nitrogen and oxygen atoms in total. The van der Waals surface area contributed by atoms with Crippen molar-refractivity contribution in [3.8, 4) is 5.75 Å². The van der Waals surface area contributed by atoms with Crippen LogP contribution < -0.4 is 10.5 Å². The molecular formula is C7H5Cl2F3N2O. The Bertz CT molecular complexity index is 370. The number of anilines is 1. The highest BCUT2D eigenvalue weighted by atomic mass is 35.5. The third-order valence-corrected chi connectivity index (χ3v) is 2.01. The minimum atomic E-state index is -4.85. The molecule has 0 aromatic carbocycles. The molecular weight excluding hydrogens is 256 g/mol. The largest absolute Gasteiger partial charge is 0.573 e. The number of pyridine rings is 1. The van der Waals surface area contributed by atoms with Crippen LogP contribution in [0.5, 0.6) is 5.75 Å². The summed E-state index contributed by atoms with van der Waals surface area (Å²) in [5.74, 6) is -1.02. The zero-order valence-electron chi connectivity index (χ0n) is 7.11. The first-order valence-corrected chi connectivity index (χ1v) is 4.51. The van der Waals surface area contributed by atoms with E-state index < -0.39 is 12.1 Å². The molecule has 0 aliphatic heterocycles. The van der Waals surface area contributed by atoms with Crippen molar-refractivity contribution >= 4 is 29.0 Å². The van der Waals surface area contributed by atoms with Gasteiger partial charge < -0.3 is 10.5 Å². The van der Waals surface area contributed by atoms with E-state index in [0.717, 1.165) is 6.20 Å². The highest BCUT2D eigenvalue weighted by Gasteiger charge is 2.33. The van der Waals surface area contributed by atoms with Gasteiger partial charge in [0.15, 0.2) is 5.75 Å². The number of nitrogen functional groups attached to an aromatic ring is 1. The Balaban J connectivity index is 3.20. The van der Waals surface area contributed by atoms with Crippen LogP contribution in [0, 0.1) is 0 Å². The van der Waals surface area contributed by atoms with Gasteiger partial charge in [-0.25, -0.2) is 4.98 Å². The minimum absolute atomic E-state index is 0.0820. The van der Waals surface area contributed by atoms with Crippen LogP contribution in [0.4, 0.5) is 19.0 Å². The second-order valence-corrected chi connectivity index (χ2v) is 3.15. The first kappa shape index (κ1) is 12.2. The number of hydrogen-bond acceptors (Lipinski definition) is 3. The number of ether oxygens (including phenoxy) is 1. The summed E-state index contributed by atoms with van der Waals surface area (Å²) < 4.78 is 39.7. The van der Waals surface area contributed by atoms with Gasteiger partial charge in [-0.3, -0.25) is 0 Å². The molecule has 0 saturated heterocycles. The highest BCUT2D eigenvalue weighted by molar-refractivity contribution is 6.32. The smallest absolute Gasteiger partial charge is 0.404 e. The highest BCUT2D eigenvalue weighted by Crippen LogP contribution is 2.36. The maximum Gasteiger partial charge on any atom is 0.573 e. The summed E-state index contributed by atoms with van der Waals surface area (Å²) in [5.41, 5.74) is 5.24. The molecule has 0 unspecified atom stereocenters. The molecule has 0 fully saturated rings. The summed E-state index contributed by atoms with van der Waals surface area (Å²) >= 11 is 10.9. The van der Waals surface area contributed by atoms with Crippen molar-refractivity contribution in [1.82, 2.24) is 4.98 Å². The van der Waals surface area contributed by atoms with Crippen LogP contribution in [0.3, 0.4) is 0 Å². The van der Waals surface area contributed by atoms with Crippen LogP contribution in [0.15, 0.2) is 6.20 Å². The van der Waals surface area contributed by atoms with Gasteiger partial charge >= 0.3 is 6.36 Å². The van der Waals surface area contributed by atoms with Crippen molar-refractivity contribution in [2.24, 2.45) is 0 Å². The van der Waals surface area contributed by atoms with Gasteiger partial charge in [-0.1, -0.05) is 11.6 Å². The summed E-state index contributed by atoms with van der Waals surface area (Å²) in [6.07, 6.45) is -3.88. The van der Waals surface area contributed by atoms with Crippen molar-refractivity contribution in [2.75, 3.05) is 5.73 Å². The molecule has 0 amide bonds. The average Bonchev–Trinajstić information content (AvgIpc) is 2.10. The fraction of sp³-hybridized carbons (Fsp3) is 0.286. The molecule has 2 N–H and O–H groups in total. The van der Waals surface area contributed by atoms with Gasteiger partial charge in [-0.05, 0) is 0 Å². The Morgan fingerprint density at radius 2 is 2.07 bits per heavy atom. The molecule has 0 aliphatic rings. The van der Waals surface area contributed by atoms with E-state index in [2.05, 4.69) is 9.72 Å². The van der Waals surface area contributed by atoms with Crippen molar-refractivity contribution in [3.05, 3.63) is 16.8 Å². The van der Waals surface area contributed by atoms with Gasteiger partial charge in [-0.15, -0.1) is 24.8 Å². The monoisotopic (exact) mass is 260 g/mol. The lowest BCUT2D eigenvalue weighted by atomic mass is 10.2. The van der Waals surface area contributed by atoms with Crippen molar-refractivity contribution in [3.63, 3.8) is 0 Å². The van der Waals surface area contributed by atoms with Crippen LogP contribution in [0.1, 0.15) is 5.56 Å². The number of nitrogens with two attached hydrogens (primary N) is 1. The zero-order valence-corrected chi connectivity index (χ0v) is 8.62. The number of hydrogen-bond donors (Lipinski definition) is 1. The van der Waals surface area contributed by atoms with E-state index in [1.54, 1.807) is 0 Å². The molecule has 1 aromatic rings. The van der Waals surface area contributed by atoms with Crippen LogP contribution in [0.2, 0.25) is 5.02 Å². The Labute approximate surface area is 92.9 Å². The standard InChI is InChI=1S/C7H5Cl2F3N2O/c8-1-3-5(15-7(10,11)12)4(9)2-14-6(3)13/h2H,1H2,(H2,13,14). The predicted molar refractivity (Wildman–Crippen MR) is 49.9 cm³/mol. The molecule has 8 heteroatoms. The maximum atomic E-state index is 12.0. The van der Waals surface area contributed by atoms with Gasteiger partial charge in [-0.2, -0.15) is 0 Å². The third kappa shape index (κ3) is 3.04.